The number of rotatable bonds is 4. The highest BCUT2D eigenvalue weighted by Gasteiger charge is 2.14. The van der Waals surface area contributed by atoms with Crippen molar-refractivity contribution in [1.82, 2.24) is 4.57 Å². The van der Waals surface area contributed by atoms with Crippen LogP contribution in [0, 0.1) is 25.2 Å². The second kappa shape index (κ2) is 8.03. The number of nitrogens with zero attached hydrogens (tertiary/aromatic N) is 2. The fraction of sp³-hybridized carbons (Fsp3) is 0.0909. The van der Waals surface area contributed by atoms with E-state index in [9.17, 15) is 15.2 Å². The van der Waals surface area contributed by atoms with Crippen molar-refractivity contribution in [2.45, 2.75) is 13.8 Å². The van der Waals surface area contributed by atoms with Gasteiger partial charge in [0.1, 0.15) is 17.4 Å². The van der Waals surface area contributed by atoms with Crippen molar-refractivity contribution in [2.24, 2.45) is 0 Å². The molecule has 2 aromatic carbocycles. The molecule has 3 aromatic rings. The molecular weight excluding hydrogens is 374 g/mol. The molecule has 0 saturated carbocycles. The van der Waals surface area contributed by atoms with Crippen LogP contribution in [0.4, 0.5) is 5.69 Å². The predicted octanol–water partition coefficient (Wildman–Crippen LogP) is 5.00. The summed E-state index contributed by atoms with van der Waals surface area (Å²) in [4.78, 5) is 12.5. The predicted molar refractivity (Wildman–Crippen MR) is 111 cm³/mol. The minimum absolute atomic E-state index is 0.00979. The summed E-state index contributed by atoms with van der Waals surface area (Å²) in [5, 5.41) is 22.1. The number of aromatic nitrogens is 1. The number of nitriles is 1. The normalized spacial score (nSPS) is 11.1. The van der Waals surface area contributed by atoms with Gasteiger partial charge in [0, 0.05) is 27.8 Å². The third-order valence-electron chi connectivity index (χ3n) is 4.35. The van der Waals surface area contributed by atoms with Gasteiger partial charge in [-0.3, -0.25) is 4.79 Å². The number of hydrogen-bond donors (Lipinski definition) is 2. The molecule has 0 fully saturated rings. The first-order valence-electron chi connectivity index (χ1n) is 8.56. The standard InChI is InChI=1S/C22H18ClN3O2/c1-14-11-16(15(2)26(14)20-7-3-18(23)4-8-20)12-17(13-24)22(28)25-19-5-9-21(27)10-6-19/h3-12,27H,1-2H3,(H,25,28)/b17-12+. The van der Waals surface area contributed by atoms with Crippen molar-refractivity contribution in [1.29, 1.82) is 5.26 Å². The Balaban J connectivity index is 1.91. The summed E-state index contributed by atoms with van der Waals surface area (Å²) in [6.45, 7) is 3.89. The minimum Gasteiger partial charge on any atom is -0.508 e. The summed E-state index contributed by atoms with van der Waals surface area (Å²) in [5.41, 5.74) is 4.10. The van der Waals surface area contributed by atoms with Crippen LogP contribution in [0.25, 0.3) is 11.8 Å². The van der Waals surface area contributed by atoms with E-state index >= 15 is 0 Å². The molecule has 0 bridgehead atoms. The first kappa shape index (κ1) is 19.3. The van der Waals surface area contributed by atoms with E-state index < -0.39 is 5.91 Å². The van der Waals surface area contributed by atoms with Crippen LogP contribution in [0.1, 0.15) is 17.0 Å². The topological polar surface area (TPSA) is 78.1 Å². The van der Waals surface area contributed by atoms with Crippen molar-refractivity contribution in [3.8, 4) is 17.5 Å². The lowest BCUT2D eigenvalue weighted by molar-refractivity contribution is -0.112. The van der Waals surface area contributed by atoms with Crippen LogP contribution in [0.5, 0.6) is 5.75 Å². The lowest BCUT2D eigenvalue weighted by Crippen LogP contribution is -2.13. The van der Waals surface area contributed by atoms with Crippen LogP contribution >= 0.6 is 11.6 Å². The van der Waals surface area contributed by atoms with E-state index in [2.05, 4.69) is 5.32 Å². The van der Waals surface area contributed by atoms with Gasteiger partial charge in [0.25, 0.3) is 5.91 Å². The highest BCUT2D eigenvalue weighted by atomic mass is 35.5. The molecule has 0 aliphatic carbocycles. The number of carbonyl (C=O) groups is 1. The second-order valence-electron chi connectivity index (χ2n) is 6.31. The van der Waals surface area contributed by atoms with Crippen LogP contribution in [0.2, 0.25) is 5.02 Å². The lowest BCUT2D eigenvalue weighted by Gasteiger charge is -2.09. The van der Waals surface area contributed by atoms with Crippen LogP contribution in [-0.2, 0) is 4.79 Å². The molecule has 1 heterocycles. The van der Waals surface area contributed by atoms with Gasteiger partial charge >= 0.3 is 0 Å². The number of nitrogens with one attached hydrogen (secondary N) is 1. The van der Waals surface area contributed by atoms with Gasteiger partial charge in [-0.05, 0) is 80.1 Å². The number of halogens is 1. The monoisotopic (exact) mass is 391 g/mol. The molecule has 6 heteroatoms. The molecule has 140 valence electrons. The smallest absolute Gasteiger partial charge is 0.266 e. The number of carbonyl (C=O) groups excluding carboxylic acids is 1. The summed E-state index contributed by atoms with van der Waals surface area (Å²) < 4.78 is 2.04. The summed E-state index contributed by atoms with van der Waals surface area (Å²) in [6, 6.07) is 17.4. The fourth-order valence-corrected chi connectivity index (χ4v) is 3.09. The Labute approximate surface area is 168 Å². The van der Waals surface area contributed by atoms with Crippen molar-refractivity contribution >= 4 is 29.3 Å². The van der Waals surface area contributed by atoms with E-state index in [-0.39, 0.29) is 11.3 Å². The molecule has 2 N–H and O–H groups in total. The second-order valence-corrected chi connectivity index (χ2v) is 6.75. The van der Waals surface area contributed by atoms with E-state index in [0.717, 1.165) is 22.6 Å². The summed E-state index contributed by atoms with van der Waals surface area (Å²) in [5.74, 6) is -0.409. The van der Waals surface area contributed by atoms with Crippen LogP contribution in [0.15, 0.2) is 60.2 Å². The fourth-order valence-electron chi connectivity index (χ4n) is 2.97. The van der Waals surface area contributed by atoms with Crippen molar-refractivity contribution in [3.05, 3.63) is 82.1 Å². The number of phenols is 1. The average molecular weight is 392 g/mol. The number of aromatic hydroxyl groups is 1. The Kier molecular flexibility index (Phi) is 5.53. The maximum absolute atomic E-state index is 12.5. The van der Waals surface area contributed by atoms with E-state index in [1.165, 1.54) is 12.1 Å². The number of aryl methyl sites for hydroxylation is 1. The average Bonchev–Trinajstić information content (AvgIpc) is 2.95. The Bertz CT molecular complexity index is 1090. The highest BCUT2D eigenvalue weighted by molar-refractivity contribution is 6.30. The number of anilines is 1. The van der Waals surface area contributed by atoms with Gasteiger partial charge in [-0.25, -0.2) is 0 Å². The van der Waals surface area contributed by atoms with Gasteiger partial charge in [-0.1, -0.05) is 11.6 Å². The molecular formula is C22H18ClN3O2. The number of amides is 1. The zero-order valence-corrected chi connectivity index (χ0v) is 16.2. The third-order valence-corrected chi connectivity index (χ3v) is 4.60. The van der Waals surface area contributed by atoms with Crippen LogP contribution in [0.3, 0.4) is 0 Å². The SMILES string of the molecule is Cc1cc(/C=C(\C#N)C(=O)Nc2ccc(O)cc2)c(C)n1-c1ccc(Cl)cc1. The Hall–Kier alpha value is -3.49. The summed E-state index contributed by atoms with van der Waals surface area (Å²) >= 11 is 5.97. The quantitative estimate of drug-likeness (QED) is 0.373. The molecule has 28 heavy (non-hydrogen) atoms. The molecule has 1 amide bonds. The zero-order chi connectivity index (χ0) is 20.3. The van der Waals surface area contributed by atoms with E-state index in [0.29, 0.717) is 10.7 Å². The summed E-state index contributed by atoms with van der Waals surface area (Å²) in [7, 11) is 0. The third kappa shape index (κ3) is 4.08. The highest BCUT2D eigenvalue weighted by Crippen LogP contribution is 2.24. The molecule has 1 aromatic heterocycles. The minimum atomic E-state index is -0.510. The maximum atomic E-state index is 12.5. The molecule has 0 radical (unpaired) electrons. The van der Waals surface area contributed by atoms with Crippen LogP contribution in [-0.4, -0.2) is 15.6 Å². The Morgan fingerprint density at radius 2 is 1.79 bits per heavy atom. The molecule has 0 unspecified atom stereocenters. The van der Waals surface area contributed by atoms with Crippen molar-refractivity contribution in [3.63, 3.8) is 0 Å². The van der Waals surface area contributed by atoms with Gasteiger partial charge in [-0.15, -0.1) is 0 Å². The lowest BCUT2D eigenvalue weighted by atomic mass is 10.1. The number of hydrogen-bond acceptors (Lipinski definition) is 3. The van der Waals surface area contributed by atoms with Gasteiger partial charge < -0.3 is 15.0 Å². The molecule has 3 rings (SSSR count). The molecule has 0 atom stereocenters. The Morgan fingerprint density at radius 3 is 2.39 bits per heavy atom. The van der Waals surface area contributed by atoms with Gasteiger partial charge in [0.05, 0.1) is 0 Å². The van der Waals surface area contributed by atoms with E-state index in [1.54, 1.807) is 18.2 Å². The van der Waals surface area contributed by atoms with Crippen molar-refractivity contribution < 1.29 is 9.90 Å². The Morgan fingerprint density at radius 1 is 1.14 bits per heavy atom. The summed E-state index contributed by atoms with van der Waals surface area (Å²) in [6.07, 6.45) is 1.57. The molecule has 0 aliphatic rings. The maximum Gasteiger partial charge on any atom is 0.266 e. The van der Waals surface area contributed by atoms with Crippen LogP contribution < -0.4 is 5.32 Å². The van der Waals surface area contributed by atoms with Gasteiger partial charge in [0.2, 0.25) is 0 Å². The van der Waals surface area contributed by atoms with Gasteiger partial charge in [-0.2, -0.15) is 5.26 Å². The number of phenolic OH excluding ortho intramolecular Hbond substituents is 1. The van der Waals surface area contributed by atoms with E-state index in [1.807, 2.05) is 54.8 Å². The molecule has 0 aliphatic heterocycles. The van der Waals surface area contributed by atoms with E-state index in [4.69, 9.17) is 11.6 Å². The zero-order valence-electron chi connectivity index (χ0n) is 15.4. The van der Waals surface area contributed by atoms with Gasteiger partial charge in [0.15, 0.2) is 0 Å². The van der Waals surface area contributed by atoms with Crippen molar-refractivity contribution in [2.75, 3.05) is 5.32 Å². The first-order valence-corrected chi connectivity index (χ1v) is 8.94. The first-order chi connectivity index (χ1) is 13.4. The molecule has 0 spiro atoms. The largest absolute Gasteiger partial charge is 0.508 e. The molecule has 0 saturated heterocycles. The number of benzene rings is 2. The molecule has 5 nitrogen and oxygen atoms in total.